The minimum absolute atomic E-state index is 0.0574. The van der Waals surface area contributed by atoms with Crippen LogP contribution in [0.2, 0.25) is 10.0 Å². The summed E-state index contributed by atoms with van der Waals surface area (Å²) in [6.45, 7) is 3.20. The standard InChI is InChI=1S/C22H26Cl2N4O2/c1-14(18-9-8-16(23)12-19(18)24)27-22(25-2)26-13-15-5-3-6-17(11-15)28-21(29)20-7-4-10-30-20/h3,5-6,8-9,11-12,14,20H,4,7,10,13H2,1-2H3,(H,28,29)(H2,25,26,27). The highest BCUT2D eigenvalue weighted by atomic mass is 35.5. The number of nitrogens with zero attached hydrogens (tertiary/aromatic N) is 1. The van der Waals surface area contributed by atoms with E-state index in [2.05, 4.69) is 20.9 Å². The normalized spacial score (nSPS) is 17.5. The zero-order valence-electron chi connectivity index (χ0n) is 17.0. The first kappa shape index (κ1) is 22.4. The molecule has 1 aliphatic rings. The van der Waals surface area contributed by atoms with Crippen molar-refractivity contribution in [2.45, 2.75) is 38.5 Å². The molecule has 2 aromatic carbocycles. The lowest BCUT2D eigenvalue weighted by atomic mass is 10.1. The number of hydrogen-bond acceptors (Lipinski definition) is 3. The van der Waals surface area contributed by atoms with Crippen molar-refractivity contribution in [2.24, 2.45) is 4.99 Å². The Labute approximate surface area is 187 Å². The Kier molecular flexibility index (Phi) is 7.96. The molecular formula is C22H26Cl2N4O2. The van der Waals surface area contributed by atoms with Gasteiger partial charge < -0.3 is 20.7 Å². The third-order valence-electron chi connectivity index (χ3n) is 4.88. The van der Waals surface area contributed by atoms with E-state index in [0.717, 1.165) is 29.7 Å². The molecule has 3 N–H and O–H groups in total. The molecule has 0 spiro atoms. The molecule has 1 fully saturated rings. The number of ether oxygens (including phenoxy) is 1. The highest BCUT2D eigenvalue weighted by Crippen LogP contribution is 2.26. The molecule has 8 heteroatoms. The summed E-state index contributed by atoms with van der Waals surface area (Å²) in [4.78, 5) is 16.5. The molecular weight excluding hydrogens is 423 g/mol. The number of nitrogens with one attached hydrogen (secondary N) is 3. The zero-order valence-corrected chi connectivity index (χ0v) is 18.6. The fraction of sp³-hybridized carbons (Fsp3) is 0.364. The number of anilines is 1. The quantitative estimate of drug-likeness (QED) is 0.447. The molecule has 1 aliphatic heterocycles. The van der Waals surface area contributed by atoms with Crippen molar-refractivity contribution in [1.82, 2.24) is 10.6 Å². The molecule has 160 valence electrons. The van der Waals surface area contributed by atoms with Crippen LogP contribution >= 0.6 is 23.2 Å². The van der Waals surface area contributed by atoms with Gasteiger partial charge in [-0.3, -0.25) is 9.79 Å². The van der Waals surface area contributed by atoms with E-state index in [-0.39, 0.29) is 18.1 Å². The Morgan fingerprint density at radius 3 is 2.80 bits per heavy atom. The van der Waals surface area contributed by atoms with E-state index < -0.39 is 0 Å². The minimum atomic E-state index is -0.351. The van der Waals surface area contributed by atoms with Gasteiger partial charge >= 0.3 is 0 Å². The molecule has 0 aliphatic carbocycles. The molecule has 0 radical (unpaired) electrons. The van der Waals surface area contributed by atoms with E-state index in [1.807, 2.05) is 43.3 Å². The van der Waals surface area contributed by atoms with E-state index in [1.54, 1.807) is 13.1 Å². The Balaban J connectivity index is 1.56. The second-order valence-corrected chi connectivity index (χ2v) is 7.99. The summed E-state index contributed by atoms with van der Waals surface area (Å²) in [5.74, 6) is 0.547. The van der Waals surface area contributed by atoms with Crippen LogP contribution in [-0.2, 0) is 16.1 Å². The summed E-state index contributed by atoms with van der Waals surface area (Å²) in [5.41, 5.74) is 2.70. The summed E-state index contributed by atoms with van der Waals surface area (Å²) in [7, 11) is 1.71. The lowest BCUT2D eigenvalue weighted by Gasteiger charge is -2.19. The summed E-state index contributed by atoms with van der Waals surface area (Å²) in [5, 5.41) is 10.7. The molecule has 2 unspecified atom stereocenters. The van der Waals surface area contributed by atoms with Crippen molar-refractivity contribution >= 4 is 40.8 Å². The highest BCUT2D eigenvalue weighted by Gasteiger charge is 2.23. The minimum Gasteiger partial charge on any atom is -0.368 e. The third kappa shape index (κ3) is 6.11. The molecule has 2 aromatic rings. The van der Waals surface area contributed by atoms with E-state index in [4.69, 9.17) is 27.9 Å². The van der Waals surface area contributed by atoms with E-state index >= 15 is 0 Å². The number of rotatable bonds is 6. The second kappa shape index (κ2) is 10.7. The van der Waals surface area contributed by atoms with Crippen LogP contribution in [0.25, 0.3) is 0 Å². The molecule has 6 nitrogen and oxygen atoms in total. The predicted molar refractivity (Wildman–Crippen MR) is 122 cm³/mol. The van der Waals surface area contributed by atoms with E-state index in [0.29, 0.717) is 29.2 Å². The highest BCUT2D eigenvalue weighted by molar-refractivity contribution is 6.35. The zero-order chi connectivity index (χ0) is 21.5. The molecule has 3 rings (SSSR count). The maximum Gasteiger partial charge on any atom is 0.253 e. The molecule has 0 aromatic heterocycles. The topological polar surface area (TPSA) is 74.8 Å². The third-order valence-corrected chi connectivity index (χ3v) is 5.44. The second-order valence-electron chi connectivity index (χ2n) is 7.15. The summed E-state index contributed by atoms with van der Waals surface area (Å²) in [6, 6.07) is 13.1. The van der Waals surface area contributed by atoms with Crippen LogP contribution in [0.4, 0.5) is 5.69 Å². The monoisotopic (exact) mass is 448 g/mol. The first-order valence-corrected chi connectivity index (χ1v) is 10.7. The van der Waals surface area contributed by atoms with Crippen molar-refractivity contribution in [3.8, 4) is 0 Å². The van der Waals surface area contributed by atoms with E-state index in [9.17, 15) is 4.79 Å². The fourth-order valence-electron chi connectivity index (χ4n) is 3.28. The number of carbonyl (C=O) groups excluding carboxylic acids is 1. The average Bonchev–Trinajstić information content (AvgIpc) is 3.26. The molecule has 0 bridgehead atoms. The smallest absolute Gasteiger partial charge is 0.253 e. The van der Waals surface area contributed by atoms with Crippen LogP contribution in [0.15, 0.2) is 47.5 Å². The summed E-state index contributed by atoms with van der Waals surface area (Å²) < 4.78 is 5.43. The maximum absolute atomic E-state index is 12.2. The molecule has 0 saturated carbocycles. The number of guanidine groups is 1. The van der Waals surface area contributed by atoms with Gasteiger partial charge in [0.05, 0.1) is 6.04 Å². The van der Waals surface area contributed by atoms with Gasteiger partial charge in [0.15, 0.2) is 5.96 Å². The van der Waals surface area contributed by atoms with Gasteiger partial charge in [-0.05, 0) is 55.2 Å². The number of hydrogen-bond donors (Lipinski definition) is 3. The van der Waals surface area contributed by atoms with Crippen LogP contribution in [0.3, 0.4) is 0 Å². The van der Waals surface area contributed by atoms with Crippen LogP contribution in [-0.4, -0.2) is 31.6 Å². The van der Waals surface area contributed by atoms with Crippen LogP contribution < -0.4 is 16.0 Å². The van der Waals surface area contributed by atoms with Gasteiger partial charge in [-0.15, -0.1) is 0 Å². The first-order valence-electron chi connectivity index (χ1n) is 9.90. The lowest BCUT2D eigenvalue weighted by Crippen LogP contribution is -2.38. The van der Waals surface area contributed by atoms with Gasteiger partial charge in [0, 0.05) is 35.9 Å². The Morgan fingerprint density at radius 1 is 1.27 bits per heavy atom. The van der Waals surface area contributed by atoms with Crippen molar-refractivity contribution in [3.63, 3.8) is 0 Å². The fourth-order valence-corrected chi connectivity index (χ4v) is 3.85. The summed E-state index contributed by atoms with van der Waals surface area (Å²) in [6.07, 6.45) is 1.34. The summed E-state index contributed by atoms with van der Waals surface area (Å²) >= 11 is 12.3. The van der Waals surface area contributed by atoms with E-state index in [1.165, 1.54) is 0 Å². The number of benzene rings is 2. The van der Waals surface area contributed by atoms with Crippen LogP contribution in [0, 0.1) is 0 Å². The number of carbonyl (C=O) groups is 1. The Morgan fingerprint density at radius 2 is 2.10 bits per heavy atom. The van der Waals surface area contributed by atoms with Gasteiger partial charge in [-0.25, -0.2) is 0 Å². The molecule has 1 heterocycles. The van der Waals surface area contributed by atoms with Gasteiger partial charge in [-0.2, -0.15) is 0 Å². The van der Waals surface area contributed by atoms with Gasteiger partial charge in [-0.1, -0.05) is 41.4 Å². The predicted octanol–water partition coefficient (Wildman–Crippen LogP) is 4.54. The van der Waals surface area contributed by atoms with Crippen LogP contribution in [0.1, 0.15) is 36.9 Å². The van der Waals surface area contributed by atoms with Crippen LogP contribution in [0.5, 0.6) is 0 Å². The SMILES string of the molecule is CN=C(NCc1cccc(NC(=O)C2CCCO2)c1)NC(C)c1ccc(Cl)cc1Cl. The van der Waals surface area contributed by atoms with Gasteiger partial charge in [0.2, 0.25) is 0 Å². The number of amides is 1. The molecule has 1 amide bonds. The lowest BCUT2D eigenvalue weighted by molar-refractivity contribution is -0.124. The number of halogens is 2. The molecule has 2 atom stereocenters. The van der Waals surface area contributed by atoms with Crippen molar-refractivity contribution < 1.29 is 9.53 Å². The largest absolute Gasteiger partial charge is 0.368 e. The molecule has 30 heavy (non-hydrogen) atoms. The Bertz CT molecular complexity index is 914. The van der Waals surface area contributed by atoms with Gasteiger partial charge in [0.1, 0.15) is 6.10 Å². The van der Waals surface area contributed by atoms with Crippen molar-refractivity contribution in [2.75, 3.05) is 19.0 Å². The van der Waals surface area contributed by atoms with Gasteiger partial charge in [0.25, 0.3) is 5.91 Å². The van der Waals surface area contributed by atoms with Crippen molar-refractivity contribution in [3.05, 3.63) is 63.6 Å². The Hall–Kier alpha value is -2.28. The first-order chi connectivity index (χ1) is 14.5. The maximum atomic E-state index is 12.2. The molecule has 1 saturated heterocycles. The number of aliphatic imine (C=N–C) groups is 1. The average molecular weight is 449 g/mol. The van der Waals surface area contributed by atoms with Crippen molar-refractivity contribution in [1.29, 1.82) is 0 Å².